The number of ether oxygens (including phenoxy) is 12. The van der Waals surface area contributed by atoms with Crippen molar-refractivity contribution < 1.29 is 113 Å². The number of hydrogen-bond donors (Lipinski definition) is 8. The summed E-state index contributed by atoms with van der Waals surface area (Å²) in [5.74, 6) is -0.584. The molecule has 19 atom stereocenters. The number of aromatic nitrogens is 6. The number of nitrogens with one attached hydrogen (secondary N) is 1. The first-order chi connectivity index (χ1) is 46.0. The van der Waals surface area contributed by atoms with Crippen molar-refractivity contribution in [3.05, 3.63) is 90.9 Å². The third kappa shape index (κ3) is 19.3. The minimum absolute atomic E-state index is 0.00231. The number of aryl methyl sites for hydroxylation is 3. The summed E-state index contributed by atoms with van der Waals surface area (Å²) in [7, 11) is 0.309. The van der Waals surface area contributed by atoms with E-state index in [0.29, 0.717) is 16.7 Å². The number of nitrogens with zero attached hydrogens (tertiary/aromatic N) is 7. The van der Waals surface area contributed by atoms with Crippen LogP contribution in [0.1, 0.15) is 55.6 Å². The second-order valence-electron chi connectivity index (χ2n) is 22.6. The SMILES string of the molecule is C=C1NC(=O)C(C)=CN1[C@@H]1O[C@H](COP(O)(=S)OC2[C@@H](COP(O)(=S)OC3[C@@H](COP(=O)(O)OC4[C@@H](CC)O[C@@H](n5cc(C)c(N)nc5=O)[C@H]4OCCOC)O[C@@H](n4cc(C)c(N)nc4=O)[C@H]3OCCOC)O[C@@H](n3cc(C)c(N)nc3=O)[C@H]2OCCOC)C(O)[C@@H]1OCCOC. The lowest BCUT2D eigenvalue weighted by Crippen LogP contribution is -2.48. The zero-order valence-corrected chi connectivity index (χ0v) is 58.8. The molecule has 1 amide bonds. The van der Waals surface area contributed by atoms with Gasteiger partial charge in [0.15, 0.2) is 24.9 Å². The van der Waals surface area contributed by atoms with Crippen molar-refractivity contribution in [3.63, 3.8) is 0 Å². The summed E-state index contributed by atoms with van der Waals surface area (Å²) < 4.78 is 125. The topological polar surface area (TPSA) is 479 Å². The Balaban J connectivity index is 1.09. The highest BCUT2D eigenvalue weighted by molar-refractivity contribution is 8.07. The zero-order valence-electron chi connectivity index (χ0n) is 54.4. The molecular weight excluding hydrogens is 1390 g/mol. The third-order valence-corrected chi connectivity index (χ3v) is 19.9. The number of carbonyl (C=O) groups is 1. The summed E-state index contributed by atoms with van der Waals surface area (Å²) in [5, 5.41) is 14.3. The number of phosphoric acid groups is 1. The molecule has 8 rings (SSSR count). The van der Waals surface area contributed by atoms with E-state index in [9.17, 15) is 43.5 Å². The van der Waals surface area contributed by atoms with Crippen LogP contribution in [-0.2, 0) is 117 Å². The molecule has 5 aliphatic rings. The predicted octanol–water partition coefficient (Wildman–Crippen LogP) is -0.710. The molecule has 0 saturated carbocycles. The molecule has 38 nitrogen and oxygen atoms in total. The van der Waals surface area contributed by atoms with Crippen LogP contribution in [0.2, 0.25) is 0 Å². The smallest absolute Gasteiger partial charge is 0.387 e. The third-order valence-electron chi connectivity index (χ3n) is 15.8. The number of amides is 1. The second kappa shape index (κ2) is 34.4. The number of anilines is 3. The number of nitrogens with two attached hydrogens (primary N) is 3. The number of aliphatic hydroxyl groups is 1. The van der Waals surface area contributed by atoms with E-state index in [2.05, 4.69) is 26.8 Å². The molecule has 97 heavy (non-hydrogen) atoms. The first kappa shape index (κ1) is 78.2. The maximum atomic E-state index is 14.4. The minimum Gasteiger partial charge on any atom is -0.387 e. The number of rotatable bonds is 36. The van der Waals surface area contributed by atoms with Gasteiger partial charge in [-0.2, -0.15) is 15.0 Å². The maximum Gasteiger partial charge on any atom is 0.472 e. The summed E-state index contributed by atoms with van der Waals surface area (Å²) in [6.07, 6.45) is -16.9. The van der Waals surface area contributed by atoms with E-state index in [0.717, 1.165) is 13.7 Å². The van der Waals surface area contributed by atoms with Crippen LogP contribution in [0.3, 0.4) is 0 Å². The van der Waals surface area contributed by atoms with E-state index in [-0.39, 0.29) is 88.1 Å². The van der Waals surface area contributed by atoms with Crippen molar-refractivity contribution in [2.45, 2.75) is 139 Å². The molecule has 0 radical (unpaired) electrons. The highest BCUT2D eigenvalue weighted by Crippen LogP contribution is 2.55. The summed E-state index contributed by atoms with van der Waals surface area (Å²) in [4.78, 5) is 102. The van der Waals surface area contributed by atoms with Crippen LogP contribution in [0.15, 0.2) is 57.1 Å². The van der Waals surface area contributed by atoms with E-state index in [1.54, 1.807) is 34.6 Å². The number of hydrogen-bond acceptors (Lipinski definition) is 33. The monoisotopic (exact) mass is 1480 g/mol. The van der Waals surface area contributed by atoms with E-state index >= 15 is 0 Å². The van der Waals surface area contributed by atoms with Crippen molar-refractivity contribution in [2.24, 2.45) is 0 Å². The molecule has 3 aromatic rings. The Morgan fingerprint density at radius 1 is 0.536 bits per heavy atom. The van der Waals surface area contributed by atoms with Gasteiger partial charge < -0.3 is 113 Å². The van der Waals surface area contributed by atoms with Gasteiger partial charge in [0.05, 0.1) is 78.8 Å². The average Bonchev–Trinajstić information content (AvgIpc) is 1.66. The lowest BCUT2D eigenvalue weighted by atomic mass is 10.1. The van der Waals surface area contributed by atoms with Crippen LogP contribution in [0.4, 0.5) is 17.5 Å². The molecule has 11 N–H and O–H groups in total. The van der Waals surface area contributed by atoms with E-state index in [1.165, 1.54) is 58.1 Å². The van der Waals surface area contributed by atoms with E-state index in [1.807, 2.05) is 0 Å². The normalized spacial score (nSPS) is 30.2. The Hall–Kier alpha value is -4.56. The Bertz CT molecular complexity index is 3600. The van der Waals surface area contributed by atoms with Crippen molar-refractivity contribution in [2.75, 3.05) is 118 Å². The predicted molar refractivity (Wildman–Crippen MR) is 344 cm³/mol. The Kier molecular flexibility index (Phi) is 27.7. The molecule has 8 heterocycles. The van der Waals surface area contributed by atoms with Crippen LogP contribution in [0.25, 0.3) is 0 Å². The van der Waals surface area contributed by atoms with Gasteiger partial charge in [-0.1, -0.05) is 13.5 Å². The number of phosphoric ester groups is 1. The summed E-state index contributed by atoms with van der Waals surface area (Å²) >= 11 is 11.3. The molecule has 3 aromatic heterocycles. The minimum atomic E-state index is -5.34. The number of nitrogen functional groups attached to an aromatic ring is 3. The Labute approximate surface area is 566 Å². The van der Waals surface area contributed by atoms with Crippen molar-refractivity contribution in [3.8, 4) is 0 Å². The quantitative estimate of drug-likeness (QED) is 0.0263. The van der Waals surface area contributed by atoms with Crippen LogP contribution < -0.4 is 39.6 Å². The van der Waals surface area contributed by atoms with Gasteiger partial charge in [0.2, 0.25) is 0 Å². The van der Waals surface area contributed by atoms with Gasteiger partial charge in [-0.05, 0) is 57.7 Å². The molecule has 0 aliphatic carbocycles. The fourth-order valence-electron chi connectivity index (χ4n) is 10.8. The number of aliphatic hydroxyl groups excluding tert-OH is 1. The number of methoxy groups -OCH3 is 4. The van der Waals surface area contributed by atoms with Gasteiger partial charge in [-0.3, -0.25) is 36.6 Å². The van der Waals surface area contributed by atoms with Gasteiger partial charge in [0.25, 0.3) is 5.91 Å². The summed E-state index contributed by atoms with van der Waals surface area (Å²) in [5.41, 5.74) is 16.6. The average molecular weight is 1480 g/mol. The molecule has 4 saturated heterocycles. The molecule has 0 aromatic carbocycles. The van der Waals surface area contributed by atoms with Crippen LogP contribution in [-0.4, -0.2) is 240 Å². The Morgan fingerprint density at radius 3 is 1.28 bits per heavy atom. The van der Waals surface area contributed by atoms with Crippen LogP contribution in [0, 0.1) is 20.8 Å². The first-order valence-electron chi connectivity index (χ1n) is 30.2. The molecular formula is C54H84N11O27P3S2. The lowest BCUT2D eigenvalue weighted by Gasteiger charge is -2.35. The largest absolute Gasteiger partial charge is 0.472 e. The van der Waals surface area contributed by atoms with Crippen molar-refractivity contribution in [1.82, 2.24) is 38.9 Å². The maximum absolute atomic E-state index is 14.4. The highest BCUT2D eigenvalue weighted by Gasteiger charge is 2.56. The fourth-order valence-corrected chi connectivity index (χ4v) is 14.7. The van der Waals surface area contributed by atoms with Gasteiger partial charge in [0.1, 0.15) is 90.4 Å². The molecule has 4 fully saturated rings. The van der Waals surface area contributed by atoms with Gasteiger partial charge in [-0.15, -0.1) is 0 Å². The molecule has 7 unspecified atom stereocenters. The standard InChI is InChI=1S/C54H84N11O27P3S2/c1-11-32-37(41(80-17-13-76-8)49(86-32)63-20-27(2)44(55)59-52(63)68)90-93(71,72)83-25-34-38(42(81-18-14-77-9)50(88-34)64-21-28(3)45(56)60-53(64)69)91-95(74,97)85-26-35-39(43(82-19-15-78-10)51(89-35)65-22-29(4)46(57)61-54(65)70)92-94(73,96)84-24-33-36(66)40(79-16-12-75-7)48(87-33)62-23-30(5)47(67)58-31(62)6/h20-23,32-43,48-51,66H,6,11-19,24-26H2,1-5,7-10H3,(H,58,67)(H,71,72)(H,73,96)(H,74,97)(H2,55,59,68)(H2,56,60,69)(H2,57,61,70)/t32-,33-,34-,35-,36?,37?,38?,39?,40+,41+,42+,43+,48-,49-,50-,51-,94?,95?/m1/s1. The first-order valence-corrected chi connectivity index (χ1v) is 36.9. The summed E-state index contributed by atoms with van der Waals surface area (Å²) in [6.45, 7) is -0.449. The van der Waals surface area contributed by atoms with E-state index in [4.69, 9.17) is 125 Å². The molecule has 0 bridgehead atoms. The fraction of sp³-hybridized carbons (Fsp3) is 0.685. The summed E-state index contributed by atoms with van der Waals surface area (Å²) in [6, 6.07) is 0. The van der Waals surface area contributed by atoms with Crippen molar-refractivity contribution >= 4 is 68.2 Å². The lowest BCUT2D eigenvalue weighted by molar-refractivity contribution is -0.121. The number of carbonyl (C=O) groups excluding carboxylic acids is 1. The highest BCUT2D eigenvalue weighted by atomic mass is 32.5. The van der Waals surface area contributed by atoms with Crippen molar-refractivity contribution in [1.29, 1.82) is 0 Å². The Morgan fingerprint density at radius 2 is 0.887 bits per heavy atom. The van der Waals surface area contributed by atoms with Crippen LogP contribution in [0.5, 0.6) is 0 Å². The molecule has 544 valence electrons. The van der Waals surface area contributed by atoms with Gasteiger partial charge >= 0.3 is 38.3 Å². The van der Waals surface area contributed by atoms with Gasteiger partial charge in [-0.25, -0.2) is 18.9 Å². The molecule has 43 heteroatoms. The van der Waals surface area contributed by atoms with Gasteiger partial charge in [0, 0.05) is 75.5 Å². The molecule has 0 spiro atoms. The van der Waals surface area contributed by atoms with E-state index < -0.39 is 162 Å². The molecule has 5 aliphatic heterocycles. The second-order valence-corrected chi connectivity index (χ2v) is 29.6. The van der Waals surface area contributed by atoms with Crippen LogP contribution >= 0.6 is 21.3 Å². The zero-order chi connectivity index (χ0) is 70.8.